The van der Waals surface area contributed by atoms with Gasteiger partial charge < -0.3 is 10.2 Å². The highest BCUT2D eigenvalue weighted by Crippen LogP contribution is 2.42. The molecule has 2 unspecified atom stereocenters. The van der Waals surface area contributed by atoms with Crippen LogP contribution >= 0.6 is 0 Å². The predicted octanol–water partition coefficient (Wildman–Crippen LogP) is 4.48. The van der Waals surface area contributed by atoms with Crippen LogP contribution < -0.4 is 0 Å². The molecular formula is C41H36N4O10. The van der Waals surface area contributed by atoms with Gasteiger partial charge in [0.05, 0.1) is 47.6 Å². The Hall–Kier alpha value is -6.12. The van der Waals surface area contributed by atoms with Gasteiger partial charge in [-0.2, -0.15) is 10.0 Å². The van der Waals surface area contributed by atoms with Crippen LogP contribution in [0.5, 0.6) is 0 Å². The lowest BCUT2D eigenvalue weighted by molar-refractivity contribution is 0.00211. The third-order valence-corrected chi connectivity index (χ3v) is 11.2. The van der Waals surface area contributed by atoms with Crippen LogP contribution in [-0.2, 0) is 0 Å². The normalized spacial score (nSPS) is 17.4. The van der Waals surface area contributed by atoms with E-state index in [0.29, 0.717) is 35.7 Å². The molecule has 0 radical (unpaired) electrons. The van der Waals surface area contributed by atoms with Crippen molar-refractivity contribution >= 4 is 68.8 Å². The Kier molecular flexibility index (Phi) is 8.69. The molecule has 0 fully saturated rings. The lowest BCUT2D eigenvalue weighted by Crippen LogP contribution is -2.58. The van der Waals surface area contributed by atoms with Crippen LogP contribution in [0, 0.1) is 0 Å². The Morgan fingerprint density at radius 3 is 0.909 bits per heavy atom. The van der Waals surface area contributed by atoms with Gasteiger partial charge in [-0.05, 0) is 61.4 Å². The van der Waals surface area contributed by atoms with E-state index >= 15 is 0 Å². The molecule has 4 aromatic carbocycles. The Bertz CT molecular complexity index is 2330. The number of rotatable bonds is 12. The standard InChI is InChI=1S/C41H36N4O10/c1-3-5-7-9-21(19-47)43-36(50)24-12-16-28-33-29(17-13-25(31(24)33)37(43)51)41(55)45(40(28)54)44-38(52)26-14-10-22-30-23(11-15-27(32(26)30)39(44)53)35(49)42(34(22)48)20(18-46)8-6-4-2/h10-17,20-21,46-47H,3-9,18-19H2,1-2H3. The van der Waals surface area contributed by atoms with Gasteiger partial charge in [-0.15, -0.1) is 0 Å². The molecular weight excluding hydrogens is 708 g/mol. The van der Waals surface area contributed by atoms with Crippen molar-refractivity contribution in [2.75, 3.05) is 13.2 Å². The summed E-state index contributed by atoms with van der Waals surface area (Å²) >= 11 is 0. The largest absolute Gasteiger partial charge is 0.394 e. The summed E-state index contributed by atoms with van der Waals surface area (Å²) in [7, 11) is 0. The van der Waals surface area contributed by atoms with Gasteiger partial charge >= 0.3 is 0 Å². The van der Waals surface area contributed by atoms with Crippen LogP contribution in [0.4, 0.5) is 0 Å². The summed E-state index contributed by atoms with van der Waals surface area (Å²) in [6.45, 7) is 3.08. The first-order valence-electron chi connectivity index (χ1n) is 18.5. The van der Waals surface area contributed by atoms with Crippen molar-refractivity contribution in [2.45, 2.75) is 70.9 Å². The topological polar surface area (TPSA) is 190 Å². The molecule has 4 aliphatic heterocycles. The van der Waals surface area contributed by atoms with Crippen LogP contribution in [0.2, 0.25) is 0 Å². The Labute approximate surface area is 313 Å². The molecule has 0 aliphatic carbocycles. The number of aliphatic hydroxyl groups excluding tert-OH is 2. The number of benzene rings is 4. The van der Waals surface area contributed by atoms with E-state index in [2.05, 4.69) is 0 Å². The highest BCUT2D eigenvalue weighted by atomic mass is 16.3. The fraction of sp³-hybridized carbons (Fsp3) is 0.317. The maximum absolute atomic E-state index is 14.3. The zero-order chi connectivity index (χ0) is 39.0. The molecule has 55 heavy (non-hydrogen) atoms. The maximum atomic E-state index is 14.3. The van der Waals surface area contributed by atoms with Crippen molar-refractivity contribution in [2.24, 2.45) is 0 Å². The Morgan fingerprint density at radius 2 is 0.655 bits per heavy atom. The molecule has 4 aliphatic rings. The van der Waals surface area contributed by atoms with Crippen molar-refractivity contribution in [3.63, 3.8) is 0 Å². The molecule has 4 heterocycles. The lowest BCUT2D eigenvalue weighted by atomic mass is 9.85. The number of hydrogen-bond acceptors (Lipinski definition) is 10. The summed E-state index contributed by atoms with van der Waals surface area (Å²) in [5.41, 5.74) is -0.247. The third kappa shape index (κ3) is 4.94. The van der Waals surface area contributed by atoms with Crippen LogP contribution in [0.25, 0.3) is 21.5 Å². The minimum Gasteiger partial charge on any atom is -0.394 e. The molecule has 0 saturated heterocycles. The smallest absolute Gasteiger partial charge is 0.281 e. The number of aliphatic hydroxyl groups is 2. The minimum atomic E-state index is -1.05. The fourth-order valence-corrected chi connectivity index (χ4v) is 8.46. The van der Waals surface area contributed by atoms with E-state index in [-0.39, 0.29) is 66.1 Å². The van der Waals surface area contributed by atoms with E-state index in [9.17, 15) is 48.6 Å². The molecule has 280 valence electrons. The van der Waals surface area contributed by atoms with E-state index in [1.807, 2.05) is 13.8 Å². The second-order valence-electron chi connectivity index (χ2n) is 14.3. The molecule has 0 spiro atoms. The van der Waals surface area contributed by atoms with Gasteiger partial charge in [0.1, 0.15) is 0 Å². The van der Waals surface area contributed by atoms with Gasteiger partial charge in [-0.25, -0.2) is 0 Å². The first-order chi connectivity index (χ1) is 26.5. The van der Waals surface area contributed by atoms with Gasteiger partial charge in [-0.3, -0.25) is 48.2 Å². The van der Waals surface area contributed by atoms with Crippen molar-refractivity contribution in [1.82, 2.24) is 19.8 Å². The average Bonchev–Trinajstić information content (AvgIpc) is 3.19. The van der Waals surface area contributed by atoms with Crippen LogP contribution in [0.15, 0.2) is 48.5 Å². The lowest BCUT2D eigenvalue weighted by Gasteiger charge is -2.39. The van der Waals surface area contributed by atoms with Crippen LogP contribution in [0.3, 0.4) is 0 Å². The maximum Gasteiger partial charge on any atom is 0.281 e. The van der Waals surface area contributed by atoms with E-state index in [1.54, 1.807) is 0 Å². The number of amides is 8. The quantitative estimate of drug-likeness (QED) is 0.155. The average molecular weight is 745 g/mol. The molecule has 0 saturated carbocycles. The summed E-state index contributed by atoms with van der Waals surface area (Å²) in [5, 5.41) is 21.4. The molecule has 0 aromatic heterocycles. The third-order valence-electron chi connectivity index (χ3n) is 11.2. The van der Waals surface area contributed by atoms with Crippen LogP contribution in [0.1, 0.15) is 142 Å². The number of unbranched alkanes of at least 4 members (excludes halogenated alkanes) is 3. The highest BCUT2D eigenvalue weighted by molar-refractivity contribution is 6.37. The zero-order valence-corrected chi connectivity index (χ0v) is 30.1. The van der Waals surface area contributed by atoms with E-state index in [1.165, 1.54) is 48.5 Å². The number of hydrazine groups is 1. The summed E-state index contributed by atoms with van der Waals surface area (Å²) in [6, 6.07) is 9.11. The number of imide groups is 4. The summed E-state index contributed by atoms with van der Waals surface area (Å²) in [6.07, 6.45) is 4.66. The first-order valence-corrected chi connectivity index (χ1v) is 18.5. The van der Waals surface area contributed by atoms with Crippen molar-refractivity contribution in [3.05, 3.63) is 93.0 Å². The molecule has 14 nitrogen and oxygen atoms in total. The molecule has 2 atom stereocenters. The molecule has 0 bridgehead atoms. The van der Waals surface area contributed by atoms with Gasteiger partial charge in [-0.1, -0.05) is 46.0 Å². The summed E-state index contributed by atoms with van der Waals surface area (Å²) in [4.78, 5) is 114. The second kappa shape index (κ2) is 13.3. The monoisotopic (exact) mass is 744 g/mol. The van der Waals surface area contributed by atoms with Crippen molar-refractivity contribution < 1.29 is 48.6 Å². The number of nitrogens with zero attached hydrogens (tertiary/aromatic N) is 4. The van der Waals surface area contributed by atoms with Gasteiger partial charge in [0.2, 0.25) is 0 Å². The fourth-order valence-electron chi connectivity index (χ4n) is 8.46. The second-order valence-corrected chi connectivity index (χ2v) is 14.3. The zero-order valence-electron chi connectivity index (χ0n) is 30.1. The van der Waals surface area contributed by atoms with E-state index in [0.717, 1.165) is 29.1 Å². The predicted molar refractivity (Wildman–Crippen MR) is 195 cm³/mol. The number of hydrogen-bond donors (Lipinski definition) is 2. The number of carbonyl (C=O) groups is 8. The molecule has 8 rings (SSSR count). The molecule has 14 heteroatoms. The van der Waals surface area contributed by atoms with Crippen LogP contribution in [-0.4, -0.2) is 103 Å². The van der Waals surface area contributed by atoms with Gasteiger partial charge in [0.25, 0.3) is 47.3 Å². The Morgan fingerprint density at radius 1 is 0.400 bits per heavy atom. The van der Waals surface area contributed by atoms with Crippen molar-refractivity contribution in [1.29, 1.82) is 0 Å². The van der Waals surface area contributed by atoms with E-state index < -0.39 is 72.6 Å². The summed E-state index contributed by atoms with van der Waals surface area (Å²) in [5.74, 6) is -6.90. The first kappa shape index (κ1) is 35.9. The van der Waals surface area contributed by atoms with Crippen molar-refractivity contribution in [3.8, 4) is 0 Å². The highest BCUT2D eigenvalue weighted by Gasteiger charge is 2.49. The molecule has 8 amide bonds. The number of carbonyl (C=O) groups excluding carboxylic acids is 8. The SMILES string of the molecule is CCCCCC(CO)N1C(=O)c2ccc3c4c(ccc(c24)C1=O)C(=O)N(N1C(=O)c2ccc4c5c(ccc(c25)C1=O)C(=O)N(C(CO)CCCC)C4=O)C3=O. The summed E-state index contributed by atoms with van der Waals surface area (Å²) < 4.78 is 0. The Balaban J connectivity index is 1.18. The van der Waals surface area contributed by atoms with Gasteiger partial charge in [0.15, 0.2) is 0 Å². The van der Waals surface area contributed by atoms with Gasteiger partial charge in [0, 0.05) is 43.8 Å². The molecule has 2 N–H and O–H groups in total. The van der Waals surface area contributed by atoms with E-state index in [4.69, 9.17) is 0 Å². The minimum absolute atomic E-state index is 0.0324. The molecule has 4 aromatic rings.